The zero-order valence-electron chi connectivity index (χ0n) is 7.14. The fourth-order valence-electron chi connectivity index (χ4n) is 0.692. The van der Waals surface area contributed by atoms with E-state index in [0.717, 1.165) is 0 Å². The molecule has 0 amide bonds. The number of esters is 1. The maximum atomic E-state index is 10.8. The van der Waals surface area contributed by atoms with Crippen LogP contribution < -0.4 is 0 Å². The molecule has 0 unspecified atom stereocenters. The molecule has 0 saturated heterocycles. The summed E-state index contributed by atoms with van der Waals surface area (Å²) in [7, 11) is 1.37. The van der Waals surface area contributed by atoms with Crippen LogP contribution in [0.3, 0.4) is 0 Å². The minimum absolute atomic E-state index is 0.250. The minimum Gasteiger partial charge on any atom is -0.483 e. The number of hydrogen-bond acceptors (Lipinski definition) is 3. The highest BCUT2D eigenvalue weighted by molar-refractivity contribution is 5.89. The highest BCUT2D eigenvalue weighted by Crippen LogP contribution is 1.98. The molecule has 1 N–H and O–H groups in total. The number of benzene rings is 1. The van der Waals surface area contributed by atoms with Gasteiger partial charge in [-0.1, -0.05) is 18.2 Å². The van der Waals surface area contributed by atoms with Gasteiger partial charge in [-0.05, 0) is 12.1 Å². The molecule has 0 aromatic heterocycles. The molecular formula is C9H10O4. The lowest BCUT2D eigenvalue weighted by atomic mass is 10.2. The largest absolute Gasteiger partial charge is 0.483 e. The van der Waals surface area contributed by atoms with Crippen LogP contribution in [0.25, 0.3) is 0 Å². The van der Waals surface area contributed by atoms with Crippen molar-refractivity contribution < 1.29 is 19.4 Å². The summed E-state index contributed by atoms with van der Waals surface area (Å²) < 4.78 is 4.50. The highest BCUT2D eigenvalue weighted by Gasteiger charge is 2.00. The lowest BCUT2D eigenvalue weighted by molar-refractivity contribution is -0.122. The van der Waals surface area contributed by atoms with E-state index in [4.69, 9.17) is 9.90 Å². The number of methoxy groups -OCH3 is 1. The van der Waals surface area contributed by atoms with Crippen molar-refractivity contribution in [3.8, 4) is 0 Å². The first-order valence-electron chi connectivity index (χ1n) is 3.47. The number of carboxylic acid groups (broad SMARTS) is 1. The molecule has 0 aliphatic heterocycles. The predicted octanol–water partition coefficient (Wildman–Crippen LogP) is 1.17. The van der Waals surface area contributed by atoms with Crippen LogP contribution in [-0.2, 0) is 9.53 Å². The average Bonchev–Trinajstić information content (AvgIpc) is 2.19. The van der Waals surface area contributed by atoms with E-state index < -0.39 is 0 Å². The summed E-state index contributed by atoms with van der Waals surface area (Å²) in [6.45, 7) is -0.250. The van der Waals surface area contributed by atoms with E-state index in [1.807, 2.05) is 6.07 Å². The van der Waals surface area contributed by atoms with Gasteiger partial charge in [-0.3, -0.25) is 4.79 Å². The SMILES string of the molecule is COC(=O)c1ccccc1.O=CO. The zero-order chi connectivity index (χ0) is 10.1. The topological polar surface area (TPSA) is 63.6 Å². The van der Waals surface area contributed by atoms with Crippen molar-refractivity contribution in [1.29, 1.82) is 0 Å². The van der Waals surface area contributed by atoms with Crippen molar-refractivity contribution in [3.05, 3.63) is 35.9 Å². The van der Waals surface area contributed by atoms with Gasteiger partial charge in [-0.2, -0.15) is 0 Å². The molecule has 0 atom stereocenters. The summed E-state index contributed by atoms with van der Waals surface area (Å²) >= 11 is 0. The first-order valence-corrected chi connectivity index (χ1v) is 3.47. The van der Waals surface area contributed by atoms with E-state index in [-0.39, 0.29) is 12.4 Å². The Kier molecular flexibility index (Phi) is 5.88. The number of ether oxygens (including phenoxy) is 1. The van der Waals surface area contributed by atoms with Crippen LogP contribution >= 0.6 is 0 Å². The molecule has 70 valence electrons. The van der Waals surface area contributed by atoms with Gasteiger partial charge in [0.2, 0.25) is 0 Å². The molecule has 0 aliphatic carbocycles. The second-order valence-corrected chi connectivity index (χ2v) is 1.96. The summed E-state index contributed by atoms with van der Waals surface area (Å²) in [5.41, 5.74) is 0.588. The van der Waals surface area contributed by atoms with Crippen LogP contribution in [0.5, 0.6) is 0 Å². The predicted molar refractivity (Wildman–Crippen MR) is 46.5 cm³/mol. The van der Waals surface area contributed by atoms with Gasteiger partial charge < -0.3 is 9.84 Å². The Morgan fingerprint density at radius 3 is 2.23 bits per heavy atom. The third-order valence-electron chi connectivity index (χ3n) is 1.19. The minimum atomic E-state index is -0.291. The van der Waals surface area contributed by atoms with Crippen LogP contribution in [-0.4, -0.2) is 24.7 Å². The van der Waals surface area contributed by atoms with Gasteiger partial charge >= 0.3 is 5.97 Å². The molecule has 0 saturated carbocycles. The molecule has 0 radical (unpaired) electrons. The van der Waals surface area contributed by atoms with Crippen LogP contribution in [0.15, 0.2) is 30.3 Å². The van der Waals surface area contributed by atoms with Gasteiger partial charge in [0, 0.05) is 0 Å². The van der Waals surface area contributed by atoms with Gasteiger partial charge in [0.15, 0.2) is 0 Å². The Balaban J connectivity index is 0.000000424. The monoisotopic (exact) mass is 182 g/mol. The van der Waals surface area contributed by atoms with Crippen molar-refractivity contribution in [3.63, 3.8) is 0 Å². The molecule has 1 rings (SSSR count). The van der Waals surface area contributed by atoms with Gasteiger partial charge in [0.1, 0.15) is 0 Å². The number of carbonyl (C=O) groups is 2. The van der Waals surface area contributed by atoms with Crippen molar-refractivity contribution in [2.75, 3.05) is 7.11 Å². The van der Waals surface area contributed by atoms with E-state index in [9.17, 15) is 4.79 Å². The Hall–Kier alpha value is -1.84. The Morgan fingerprint density at radius 1 is 1.38 bits per heavy atom. The molecule has 4 nitrogen and oxygen atoms in total. The molecule has 1 aromatic rings. The van der Waals surface area contributed by atoms with Crippen molar-refractivity contribution in [2.45, 2.75) is 0 Å². The smallest absolute Gasteiger partial charge is 0.337 e. The standard InChI is InChI=1S/C8H8O2.CH2O2/c1-10-8(9)7-5-3-2-4-6-7;2-1-3/h2-6H,1H3;1H,(H,2,3). The molecule has 0 heterocycles. The van der Waals surface area contributed by atoms with Gasteiger partial charge in [-0.25, -0.2) is 4.79 Å². The summed E-state index contributed by atoms with van der Waals surface area (Å²) in [4.78, 5) is 19.2. The number of rotatable bonds is 1. The van der Waals surface area contributed by atoms with E-state index in [2.05, 4.69) is 4.74 Å². The van der Waals surface area contributed by atoms with Gasteiger partial charge in [-0.15, -0.1) is 0 Å². The highest BCUT2D eigenvalue weighted by atomic mass is 16.5. The molecule has 13 heavy (non-hydrogen) atoms. The quantitative estimate of drug-likeness (QED) is 0.523. The van der Waals surface area contributed by atoms with E-state index in [1.165, 1.54) is 7.11 Å². The summed E-state index contributed by atoms with van der Waals surface area (Å²) in [5, 5.41) is 6.89. The normalized spacial score (nSPS) is 7.77. The first-order chi connectivity index (χ1) is 6.26. The van der Waals surface area contributed by atoms with Crippen LogP contribution in [0, 0.1) is 0 Å². The second-order valence-electron chi connectivity index (χ2n) is 1.96. The van der Waals surface area contributed by atoms with E-state index >= 15 is 0 Å². The van der Waals surface area contributed by atoms with Gasteiger partial charge in [0.05, 0.1) is 12.7 Å². The van der Waals surface area contributed by atoms with Gasteiger partial charge in [0.25, 0.3) is 6.47 Å². The van der Waals surface area contributed by atoms with E-state index in [1.54, 1.807) is 24.3 Å². The maximum Gasteiger partial charge on any atom is 0.337 e. The second kappa shape index (κ2) is 6.84. The number of hydrogen-bond donors (Lipinski definition) is 1. The van der Waals surface area contributed by atoms with Crippen molar-refractivity contribution in [2.24, 2.45) is 0 Å². The fourth-order valence-corrected chi connectivity index (χ4v) is 0.692. The Labute approximate surface area is 75.8 Å². The molecular weight excluding hydrogens is 172 g/mol. The molecule has 0 fully saturated rings. The lowest BCUT2D eigenvalue weighted by Gasteiger charge is -1.95. The zero-order valence-corrected chi connectivity index (χ0v) is 7.14. The van der Waals surface area contributed by atoms with Crippen LogP contribution in [0.2, 0.25) is 0 Å². The maximum absolute atomic E-state index is 10.8. The first kappa shape index (κ1) is 11.2. The lowest BCUT2D eigenvalue weighted by Crippen LogP contribution is -1.99. The number of carbonyl (C=O) groups excluding carboxylic acids is 1. The summed E-state index contributed by atoms with van der Waals surface area (Å²) in [6.07, 6.45) is 0. The third kappa shape index (κ3) is 4.58. The van der Waals surface area contributed by atoms with Crippen molar-refractivity contribution in [1.82, 2.24) is 0 Å². The summed E-state index contributed by atoms with van der Waals surface area (Å²) in [6, 6.07) is 8.88. The molecule has 1 aromatic carbocycles. The summed E-state index contributed by atoms with van der Waals surface area (Å²) in [5.74, 6) is -0.291. The van der Waals surface area contributed by atoms with Crippen LogP contribution in [0.4, 0.5) is 0 Å². The molecule has 0 bridgehead atoms. The van der Waals surface area contributed by atoms with Crippen molar-refractivity contribution >= 4 is 12.4 Å². The third-order valence-corrected chi connectivity index (χ3v) is 1.19. The molecule has 0 aliphatic rings. The average molecular weight is 182 g/mol. The molecule has 4 heteroatoms. The Morgan fingerprint density at radius 2 is 1.85 bits per heavy atom. The fraction of sp³-hybridized carbons (Fsp3) is 0.111. The Bertz CT molecular complexity index is 256. The van der Waals surface area contributed by atoms with Crippen LogP contribution in [0.1, 0.15) is 10.4 Å². The van der Waals surface area contributed by atoms with E-state index in [0.29, 0.717) is 5.56 Å². The molecule has 0 spiro atoms.